The molecule has 0 aliphatic heterocycles. The van der Waals surface area contributed by atoms with Crippen molar-refractivity contribution in [2.24, 2.45) is 0 Å². The van der Waals surface area contributed by atoms with Crippen molar-refractivity contribution in [2.75, 3.05) is 0 Å². The molecule has 0 bridgehead atoms. The highest BCUT2D eigenvalue weighted by Crippen LogP contribution is 2.45. The van der Waals surface area contributed by atoms with Crippen molar-refractivity contribution in [3.05, 3.63) is 114 Å². The van der Waals surface area contributed by atoms with Gasteiger partial charge in [0.1, 0.15) is 0 Å². The molecule has 3 aromatic carbocycles. The predicted octanol–water partition coefficient (Wildman–Crippen LogP) is 7.40. The lowest BCUT2D eigenvalue weighted by Crippen LogP contribution is -2.66. The van der Waals surface area contributed by atoms with Crippen molar-refractivity contribution in [3.63, 3.8) is 0 Å². The second-order valence-electron chi connectivity index (χ2n) is 13.5. The summed E-state index contributed by atoms with van der Waals surface area (Å²) in [6, 6.07) is 34.2. The van der Waals surface area contributed by atoms with E-state index < -0.39 is 32.3 Å². The second kappa shape index (κ2) is 11.0. The molecule has 1 atom stereocenters. The summed E-state index contributed by atoms with van der Waals surface area (Å²) in [7, 11) is -7.00. The van der Waals surface area contributed by atoms with E-state index in [1.807, 2.05) is 0 Å². The van der Waals surface area contributed by atoms with Gasteiger partial charge in [0.2, 0.25) is 8.07 Å². The van der Waals surface area contributed by atoms with Crippen molar-refractivity contribution in [2.45, 2.75) is 64.0 Å². The number of hydrogen-bond donors (Lipinski definition) is 0. The van der Waals surface area contributed by atoms with Gasteiger partial charge >= 0.3 is 0 Å². The monoisotopic (exact) mass is 564 g/mol. The Balaban J connectivity index is 1.82. The SMILES string of the molecule is C[Si](C)(C)C1=CC([Si](C)(C)CC#C[Si](c2ccccc2)(c2ccccc2)c2ccccc2)C([Si](C)(C)C)=C1. The molecule has 0 amide bonds. The molecule has 4 heteroatoms. The van der Waals surface area contributed by atoms with Gasteiger partial charge < -0.3 is 0 Å². The van der Waals surface area contributed by atoms with Crippen molar-refractivity contribution >= 4 is 47.9 Å². The van der Waals surface area contributed by atoms with E-state index in [1.54, 1.807) is 10.4 Å². The van der Waals surface area contributed by atoms with Gasteiger partial charge in [-0.3, -0.25) is 0 Å². The van der Waals surface area contributed by atoms with Crippen LogP contribution >= 0.6 is 0 Å². The topological polar surface area (TPSA) is 0 Å². The second-order valence-corrected chi connectivity index (χ2v) is 32.1. The van der Waals surface area contributed by atoms with Crippen LogP contribution in [0.1, 0.15) is 0 Å². The molecule has 0 saturated heterocycles. The van der Waals surface area contributed by atoms with Gasteiger partial charge in [0.15, 0.2) is 0 Å². The first-order chi connectivity index (χ1) is 17.9. The molecule has 0 radical (unpaired) electrons. The lowest BCUT2D eigenvalue weighted by Gasteiger charge is -2.34. The van der Waals surface area contributed by atoms with E-state index in [0.717, 1.165) is 6.04 Å². The molecule has 38 heavy (non-hydrogen) atoms. The Morgan fingerprint density at radius 1 is 0.579 bits per heavy atom. The van der Waals surface area contributed by atoms with Gasteiger partial charge in [0.05, 0.1) is 24.2 Å². The highest BCUT2D eigenvalue weighted by molar-refractivity contribution is 7.16. The molecule has 3 aromatic rings. The molecule has 196 valence electrons. The molecular formula is C34H44Si4. The third-order valence-electron chi connectivity index (χ3n) is 8.01. The van der Waals surface area contributed by atoms with Gasteiger partial charge in [-0.25, -0.2) is 0 Å². The summed E-state index contributed by atoms with van der Waals surface area (Å²) in [6.07, 6.45) is 5.34. The van der Waals surface area contributed by atoms with Gasteiger partial charge in [-0.15, -0.1) is 11.5 Å². The number of benzene rings is 3. The van der Waals surface area contributed by atoms with Crippen LogP contribution in [0.3, 0.4) is 0 Å². The van der Waals surface area contributed by atoms with Gasteiger partial charge in [0.25, 0.3) is 0 Å². The van der Waals surface area contributed by atoms with Gasteiger partial charge in [-0.05, 0) is 21.1 Å². The van der Waals surface area contributed by atoms with Crippen LogP contribution in [0.5, 0.6) is 0 Å². The summed E-state index contributed by atoms with van der Waals surface area (Å²) in [6.45, 7) is 20.2. The molecule has 4 rings (SSSR count). The molecule has 0 nitrogen and oxygen atoms in total. The van der Waals surface area contributed by atoms with Crippen molar-refractivity contribution < 1.29 is 0 Å². The van der Waals surface area contributed by atoms with E-state index in [9.17, 15) is 0 Å². The quantitative estimate of drug-likeness (QED) is 0.159. The third-order valence-corrected chi connectivity index (χ3v) is 19.9. The Morgan fingerprint density at radius 2 is 1.00 bits per heavy atom. The summed E-state index contributed by atoms with van der Waals surface area (Å²) in [4.78, 5) is 0. The summed E-state index contributed by atoms with van der Waals surface area (Å²) in [5, 5.41) is 7.54. The molecule has 0 fully saturated rings. The summed E-state index contributed by atoms with van der Waals surface area (Å²) >= 11 is 0. The molecule has 1 aliphatic carbocycles. The first kappa shape index (κ1) is 28.6. The van der Waals surface area contributed by atoms with Crippen LogP contribution < -0.4 is 15.6 Å². The lowest BCUT2D eigenvalue weighted by molar-refractivity contribution is 1.21. The average Bonchev–Trinajstić information content (AvgIpc) is 3.37. The zero-order valence-corrected chi connectivity index (χ0v) is 28.6. The smallest absolute Gasteiger partial charge is 0.114 e. The predicted molar refractivity (Wildman–Crippen MR) is 181 cm³/mol. The van der Waals surface area contributed by atoms with E-state index in [0.29, 0.717) is 5.54 Å². The Labute approximate surface area is 236 Å². The Bertz CT molecular complexity index is 1260. The van der Waals surface area contributed by atoms with Gasteiger partial charge in [-0.2, -0.15) is 0 Å². The number of allylic oxidation sites excluding steroid dienone is 4. The van der Waals surface area contributed by atoms with Crippen LogP contribution in [0, 0.1) is 11.5 Å². The zero-order chi connectivity index (χ0) is 27.6. The molecule has 0 saturated carbocycles. The van der Waals surface area contributed by atoms with E-state index >= 15 is 0 Å². The zero-order valence-electron chi connectivity index (χ0n) is 24.6. The van der Waals surface area contributed by atoms with Crippen LogP contribution in [0.4, 0.5) is 0 Å². The normalized spacial score (nSPS) is 16.4. The summed E-state index contributed by atoms with van der Waals surface area (Å²) < 4.78 is 0. The van der Waals surface area contributed by atoms with E-state index in [1.165, 1.54) is 15.6 Å². The van der Waals surface area contributed by atoms with Gasteiger partial charge in [-0.1, -0.05) is 166 Å². The summed E-state index contributed by atoms with van der Waals surface area (Å²) in [5.41, 5.74) is 4.68. The first-order valence-corrected chi connectivity index (χ1v) is 26.3. The van der Waals surface area contributed by atoms with Crippen LogP contribution in [0.2, 0.25) is 64.0 Å². The van der Waals surface area contributed by atoms with Gasteiger partial charge in [0, 0.05) is 6.04 Å². The Morgan fingerprint density at radius 3 is 1.37 bits per heavy atom. The van der Waals surface area contributed by atoms with Crippen LogP contribution in [-0.4, -0.2) is 32.3 Å². The van der Waals surface area contributed by atoms with E-state index in [2.05, 4.69) is 167 Å². The van der Waals surface area contributed by atoms with E-state index in [4.69, 9.17) is 0 Å². The number of hydrogen-bond acceptors (Lipinski definition) is 0. The van der Waals surface area contributed by atoms with E-state index in [-0.39, 0.29) is 0 Å². The Kier molecular flexibility index (Phi) is 8.25. The third kappa shape index (κ3) is 5.92. The maximum absolute atomic E-state index is 4.06. The van der Waals surface area contributed by atoms with Crippen LogP contribution in [0.25, 0.3) is 0 Å². The minimum absolute atomic E-state index is 0.617. The molecule has 0 heterocycles. The fourth-order valence-corrected chi connectivity index (χ4v) is 17.7. The first-order valence-electron chi connectivity index (χ1n) is 14.0. The van der Waals surface area contributed by atoms with Crippen molar-refractivity contribution in [3.8, 4) is 11.5 Å². The molecule has 1 unspecified atom stereocenters. The highest BCUT2D eigenvalue weighted by atomic mass is 28.3. The molecule has 1 aliphatic rings. The minimum Gasteiger partial charge on any atom is -0.114 e. The molecule has 0 aromatic heterocycles. The average molecular weight is 565 g/mol. The summed E-state index contributed by atoms with van der Waals surface area (Å²) in [5.74, 6) is 3.91. The molecule has 0 N–H and O–H groups in total. The van der Waals surface area contributed by atoms with Crippen LogP contribution in [0.15, 0.2) is 114 Å². The fraction of sp³-hybridized carbons (Fsp3) is 0.294. The van der Waals surface area contributed by atoms with Crippen molar-refractivity contribution in [1.29, 1.82) is 0 Å². The minimum atomic E-state index is -2.51. The maximum Gasteiger partial charge on any atom is 0.229 e. The maximum atomic E-state index is 4.06. The largest absolute Gasteiger partial charge is 0.229 e. The molecule has 0 spiro atoms. The highest BCUT2D eigenvalue weighted by Gasteiger charge is 2.42. The molecular weight excluding hydrogens is 521 g/mol. The van der Waals surface area contributed by atoms with Crippen LogP contribution in [-0.2, 0) is 0 Å². The fourth-order valence-electron chi connectivity index (χ4n) is 5.67. The number of rotatable bonds is 7. The lowest BCUT2D eigenvalue weighted by atomic mass is 10.3. The Hall–Kier alpha value is -2.43. The van der Waals surface area contributed by atoms with Crippen molar-refractivity contribution in [1.82, 2.24) is 0 Å². The standard InChI is InChI=1S/C34H44Si4/c1-35(2,3)32-27-33(36(4,5)6)34(28-32)37(7,8)25-18-26-38(29-19-12-9-13-20-29,30-21-14-10-15-22-30)31-23-16-11-17-24-31/h9-17,19-24,27-28,34H,25H2,1-8H3.